The lowest BCUT2D eigenvalue weighted by Crippen LogP contribution is -2.40. The molecule has 1 aliphatic rings. The molecular formula is C12H16ClN3O. The summed E-state index contributed by atoms with van der Waals surface area (Å²) >= 11 is 5.81. The van der Waals surface area contributed by atoms with Crippen molar-refractivity contribution in [3.8, 4) is 0 Å². The molecule has 1 aromatic rings. The topological polar surface area (TPSA) is 68.0 Å². The lowest BCUT2D eigenvalue weighted by atomic mass is 9.94. The van der Waals surface area contributed by atoms with Crippen molar-refractivity contribution < 1.29 is 4.79 Å². The molecule has 0 bridgehead atoms. The molecule has 0 unspecified atom stereocenters. The summed E-state index contributed by atoms with van der Waals surface area (Å²) in [4.78, 5) is 15.8. The summed E-state index contributed by atoms with van der Waals surface area (Å²) in [6.07, 6.45) is 5.97. The van der Waals surface area contributed by atoms with Gasteiger partial charge in [-0.25, -0.2) is 4.98 Å². The van der Waals surface area contributed by atoms with E-state index in [0.29, 0.717) is 17.3 Å². The van der Waals surface area contributed by atoms with Crippen LogP contribution in [0.3, 0.4) is 0 Å². The lowest BCUT2D eigenvalue weighted by molar-refractivity contribution is -0.117. The third-order valence-corrected chi connectivity index (χ3v) is 3.34. The van der Waals surface area contributed by atoms with Crippen molar-refractivity contribution in [2.45, 2.75) is 37.6 Å². The van der Waals surface area contributed by atoms with E-state index in [2.05, 4.69) is 10.3 Å². The Morgan fingerprint density at radius 3 is 2.88 bits per heavy atom. The molecule has 1 aromatic heterocycles. The van der Waals surface area contributed by atoms with Gasteiger partial charge in [0.05, 0.1) is 0 Å². The highest BCUT2D eigenvalue weighted by Gasteiger charge is 2.31. The van der Waals surface area contributed by atoms with Crippen molar-refractivity contribution in [2.24, 2.45) is 5.73 Å². The van der Waals surface area contributed by atoms with E-state index >= 15 is 0 Å². The Hall–Kier alpha value is -1.13. The average Bonchev–Trinajstić information content (AvgIpc) is 2.64. The molecule has 1 amide bonds. The van der Waals surface area contributed by atoms with Crippen LogP contribution >= 0.6 is 11.6 Å². The van der Waals surface area contributed by atoms with Gasteiger partial charge in [-0.1, -0.05) is 24.4 Å². The number of hydrogen-bond donors (Lipinski definition) is 2. The van der Waals surface area contributed by atoms with E-state index in [4.69, 9.17) is 17.3 Å². The molecule has 0 atom stereocenters. The maximum atomic E-state index is 11.8. The Bertz CT molecular complexity index is 416. The van der Waals surface area contributed by atoms with Crippen LogP contribution in [0.1, 0.15) is 32.1 Å². The molecule has 3 N–H and O–H groups in total. The summed E-state index contributed by atoms with van der Waals surface area (Å²) in [6, 6.07) is 3.29. The van der Waals surface area contributed by atoms with Crippen LogP contribution in [0.25, 0.3) is 0 Å². The minimum Gasteiger partial charge on any atom is -0.325 e. The molecule has 0 saturated heterocycles. The fraction of sp³-hybridized carbons (Fsp3) is 0.500. The van der Waals surface area contributed by atoms with E-state index in [1.165, 1.54) is 0 Å². The third kappa shape index (κ3) is 3.41. The van der Waals surface area contributed by atoms with E-state index in [0.717, 1.165) is 25.7 Å². The van der Waals surface area contributed by atoms with Crippen LogP contribution in [0.15, 0.2) is 18.3 Å². The number of carbonyl (C=O) groups is 1. The Balaban J connectivity index is 1.93. The van der Waals surface area contributed by atoms with Crippen LogP contribution in [0.5, 0.6) is 0 Å². The Labute approximate surface area is 106 Å². The molecule has 92 valence electrons. The van der Waals surface area contributed by atoms with Gasteiger partial charge in [0.25, 0.3) is 0 Å². The molecule has 0 radical (unpaired) electrons. The van der Waals surface area contributed by atoms with E-state index in [1.54, 1.807) is 18.3 Å². The smallest absolute Gasteiger partial charge is 0.227 e. The first-order valence-electron chi connectivity index (χ1n) is 5.78. The molecule has 0 aliphatic heterocycles. The maximum Gasteiger partial charge on any atom is 0.227 e. The number of nitrogens with zero attached hydrogens (tertiary/aromatic N) is 1. The van der Waals surface area contributed by atoms with Gasteiger partial charge in [-0.15, -0.1) is 0 Å². The predicted octanol–water partition coefficient (Wildman–Crippen LogP) is 2.34. The largest absolute Gasteiger partial charge is 0.325 e. The average molecular weight is 254 g/mol. The Kier molecular flexibility index (Phi) is 3.64. The minimum atomic E-state index is -0.331. The van der Waals surface area contributed by atoms with Crippen LogP contribution in [-0.2, 0) is 4.79 Å². The van der Waals surface area contributed by atoms with Gasteiger partial charge < -0.3 is 11.1 Å². The summed E-state index contributed by atoms with van der Waals surface area (Å²) in [6.45, 7) is 0. The summed E-state index contributed by atoms with van der Waals surface area (Å²) in [5, 5.41) is 3.27. The monoisotopic (exact) mass is 253 g/mol. The third-order valence-electron chi connectivity index (χ3n) is 3.10. The van der Waals surface area contributed by atoms with Gasteiger partial charge in [0.15, 0.2) is 0 Å². The first kappa shape index (κ1) is 12.3. The van der Waals surface area contributed by atoms with Gasteiger partial charge in [-0.2, -0.15) is 0 Å². The van der Waals surface area contributed by atoms with Crippen molar-refractivity contribution >= 4 is 23.3 Å². The molecule has 1 aliphatic carbocycles. The Morgan fingerprint density at radius 1 is 1.53 bits per heavy atom. The SMILES string of the molecule is NC1(CC(=O)Nc2cc(Cl)ccn2)CCCC1. The van der Waals surface area contributed by atoms with Crippen molar-refractivity contribution in [1.82, 2.24) is 4.98 Å². The van der Waals surface area contributed by atoms with Gasteiger partial charge >= 0.3 is 0 Å². The number of rotatable bonds is 3. The quantitative estimate of drug-likeness (QED) is 0.869. The van der Waals surface area contributed by atoms with Gasteiger partial charge in [-0.05, 0) is 25.0 Å². The predicted molar refractivity (Wildman–Crippen MR) is 67.9 cm³/mol. The molecule has 1 heterocycles. The second-order valence-electron chi connectivity index (χ2n) is 4.65. The normalized spacial score (nSPS) is 18.0. The number of nitrogens with two attached hydrogens (primary N) is 1. The number of anilines is 1. The summed E-state index contributed by atoms with van der Waals surface area (Å²) in [5.41, 5.74) is 5.81. The number of amides is 1. The molecule has 1 fully saturated rings. The second kappa shape index (κ2) is 5.02. The molecule has 0 aromatic carbocycles. The molecular weight excluding hydrogens is 238 g/mol. The first-order chi connectivity index (χ1) is 8.07. The van der Waals surface area contributed by atoms with E-state index in [-0.39, 0.29) is 11.4 Å². The standard InChI is InChI=1S/C12H16ClN3O/c13-9-3-6-15-10(7-9)16-11(17)8-12(14)4-1-2-5-12/h3,6-7H,1-2,4-5,8,14H2,(H,15,16,17). The number of aromatic nitrogens is 1. The zero-order chi connectivity index (χ0) is 12.3. The number of carbonyl (C=O) groups excluding carboxylic acids is 1. The van der Waals surface area contributed by atoms with Crippen molar-refractivity contribution in [2.75, 3.05) is 5.32 Å². The second-order valence-corrected chi connectivity index (χ2v) is 5.09. The van der Waals surface area contributed by atoms with Crippen LogP contribution < -0.4 is 11.1 Å². The first-order valence-corrected chi connectivity index (χ1v) is 6.16. The molecule has 2 rings (SSSR count). The van der Waals surface area contributed by atoms with Gasteiger partial charge in [-0.3, -0.25) is 4.79 Å². The Morgan fingerprint density at radius 2 is 2.24 bits per heavy atom. The maximum absolute atomic E-state index is 11.8. The fourth-order valence-corrected chi connectivity index (χ4v) is 2.40. The van der Waals surface area contributed by atoms with E-state index in [9.17, 15) is 4.79 Å². The van der Waals surface area contributed by atoms with Crippen LogP contribution in [0.4, 0.5) is 5.82 Å². The lowest BCUT2D eigenvalue weighted by Gasteiger charge is -2.22. The number of nitrogens with one attached hydrogen (secondary N) is 1. The molecule has 4 nitrogen and oxygen atoms in total. The molecule has 5 heteroatoms. The highest BCUT2D eigenvalue weighted by Crippen LogP contribution is 2.30. The number of pyridine rings is 1. The van der Waals surface area contributed by atoms with Crippen molar-refractivity contribution in [3.63, 3.8) is 0 Å². The van der Waals surface area contributed by atoms with Crippen LogP contribution in [-0.4, -0.2) is 16.4 Å². The van der Waals surface area contributed by atoms with Gasteiger partial charge in [0.1, 0.15) is 5.82 Å². The zero-order valence-corrected chi connectivity index (χ0v) is 10.3. The molecule has 0 spiro atoms. The van der Waals surface area contributed by atoms with Crippen molar-refractivity contribution in [1.29, 1.82) is 0 Å². The molecule has 1 saturated carbocycles. The molecule has 17 heavy (non-hydrogen) atoms. The van der Waals surface area contributed by atoms with E-state index in [1.807, 2.05) is 0 Å². The fourth-order valence-electron chi connectivity index (χ4n) is 2.24. The minimum absolute atomic E-state index is 0.0934. The van der Waals surface area contributed by atoms with Crippen LogP contribution in [0, 0.1) is 0 Å². The number of halogens is 1. The van der Waals surface area contributed by atoms with Crippen LogP contribution in [0.2, 0.25) is 5.02 Å². The highest BCUT2D eigenvalue weighted by atomic mass is 35.5. The summed E-state index contributed by atoms with van der Waals surface area (Å²) in [7, 11) is 0. The summed E-state index contributed by atoms with van der Waals surface area (Å²) in [5.74, 6) is 0.383. The highest BCUT2D eigenvalue weighted by molar-refractivity contribution is 6.30. The zero-order valence-electron chi connectivity index (χ0n) is 9.58. The van der Waals surface area contributed by atoms with Gasteiger partial charge in [0.2, 0.25) is 5.91 Å². The number of hydrogen-bond acceptors (Lipinski definition) is 3. The van der Waals surface area contributed by atoms with Gasteiger partial charge in [0, 0.05) is 23.2 Å². The van der Waals surface area contributed by atoms with Crippen molar-refractivity contribution in [3.05, 3.63) is 23.4 Å². The summed E-state index contributed by atoms with van der Waals surface area (Å²) < 4.78 is 0. The van der Waals surface area contributed by atoms with E-state index < -0.39 is 0 Å².